The Morgan fingerprint density at radius 1 is 0.500 bits per heavy atom. The van der Waals surface area contributed by atoms with Crippen molar-refractivity contribution in [1.82, 2.24) is 5.32 Å². The summed E-state index contributed by atoms with van der Waals surface area (Å²) in [6.45, 7) is 1.55. The van der Waals surface area contributed by atoms with Gasteiger partial charge in [0.05, 0.1) is 38.6 Å². The van der Waals surface area contributed by atoms with Crippen LogP contribution in [-0.4, -0.2) is 193 Å². The van der Waals surface area contributed by atoms with Gasteiger partial charge in [-0.15, -0.1) is 0 Å². The highest BCUT2D eigenvalue weighted by Gasteiger charge is 2.53. The fourth-order valence-electron chi connectivity index (χ4n) is 8.46. The standard InChI is InChI=1S/C51H89NO18/c1-3-5-7-9-11-13-15-16-17-18-19-20-22-24-26-28-35(56)34(52-39(57)29-27-25-23-21-14-12-10-8-6-4-2)33-65-49-45(63)42(60)47(37(31-54)67-49)70-51-46(64)43(61)48(38(32-55)68-51)69-50-44(62)41(59)40(58)36(30-53)66-50/h8,10,15-16,19-20,26,28,34-38,40-51,53-56,58-64H,3-7,9,11-14,17-18,21-25,27,29-33H2,1-2H3,(H,52,57)/b10-8-,16-15+,20-19+,28-26+. The number of hydrogen-bond donors (Lipinski definition) is 12. The van der Waals surface area contributed by atoms with Gasteiger partial charge in [0.25, 0.3) is 0 Å². The Morgan fingerprint density at radius 2 is 0.943 bits per heavy atom. The normalized spacial score (nSPS) is 33.0. The fourth-order valence-corrected chi connectivity index (χ4v) is 8.46. The van der Waals surface area contributed by atoms with Crippen molar-refractivity contribution in [1.29, 1.82) is 0 Å². The van der Waals surface area contributed by atoms with Crippen LogP contribution in [0.1, 0.15) is 136 Å². The number of carbonyl (C=O) groups excluding carboxylic acids is 1. The highest BCUT2D eigenvalue weighted by atomic mass is 16.8. The van der Waals surface area contributed by atoms with Crippen molar-refractivity contribution in [3.8, 4) is 0 Å². The second kappa shape index (κ2) is 35.8. The molecule has 17 unspecified atom stereocenters. The molecule has 1 amide bonds. The number of hydrogen-bond acceptors (Lipinski definition) is 18. The first kappa shape index (κ1) is 62.0. The van der Waals surface area contributed by atoms with Crippen LogP contribution in [-0.2, 0) is 33.2 Å². The van der Waals surface area contributed by atoms with E-state index in [0.717, 1.165) is 70.6 Å². The molecule has 3 saturated heterocycles. The van der Waals surface area contributed by atoms with Gasteiger partial charge in [0.15, 0.2) is 18.9 Å². The molecule has 3 aliphatic heterocycles. The zero-order valence-corrected chi connectivity index (χ0v) is 41.5. The van der Waals surface area contributed by atoms with Crippen LogP contribution in [0.15, 0.2) is 48.6 Å². The molecule has 0 aromatic heterocycles. The molecule has 0 aromatic rings. The highest BCUT2D eigenvalue weighted by molar-refractivity contribution is 5.76. The molecule has 0 radical (unpaired) electrons. The van der Waals surface area contributed by atoms with E-state index < -0.39 is 124 Å². The van der Waals surface area contributed by atoms with Gasteiger partial charge < -0.3 is 89.9 Å². The Labute approximate surface area is 414 Å². The Kier molecular flexibility index (Phi) is 31.8. The molecule has 19 heteroatoms. The van der Waals surface area contributed by atoms with Crippen molar-refractivity contribution in [3.63, 3.8) is 0 Å². The lowest BCUT2D eigenvalue weighted by Gasteiger charge is -2.48. The summed E-state index contributed by atoms with van der Waals surface area (Å²) in [6, 6.07) is -0.997. The summed E-state index contributed by atoms with van der Waals surface area (Å²) in [5.74, 6) is -0.306. The van der Waals surface area contributed by atoms with E-state index in [1.807, 2.05) is 6.08 Å². The minimum absolute atomic E-state index is 0.219. The number of ether oxygens (including phenoxy) is 6. The lowest BCUT2D eigenvalue weighted by Crippen LogP contribution is -2.66. The largest absolute Gasteiger partial charge is 0.394 e. The molecule has 0 saturated carbocycles. The van der Waals surface area contributed by atoms with Gasteiger partial charge >= 0.3 is 0 Å². The van der Waals surface area contributed by atoms with E-state index in [9.17, 15) is 61.0 Å². The van der Waals surface area contributed by atoms with Crippen molar-refractivity contribution < 1.29 is 89.4 Å². The van der Waals surface area contributed by atoms with E-state index in [-0.39, 0.29) is 18.9 Å². The third-order valence-electron chi connectivity index (χ3n) is 12.8. The van der Waals surface area contributed by atoms with Gasteiger partial charge in [-0.05, 0) is 64.2 Å². The van der Waals surface area contributed by atoms with E-state index in [2.05, 4.69) is 55.6 Å². The van der Waals surface area contributed by atoms with E-state index in [4.69, 9.17) is 28.4 Å². The predicted octanol–water partition coefficient (Wildman–Crippen LogP) is 1.97. The number of nitrogens with one attached hydrogen (secondary N) is 1. The van der Waals surface area contributed by atoms with Crippen LogP contribution in [0.2, 0.25) is 0 Å². The molecule has 0 aromatic carbocycles. The second-order valence-corrected chi connectivity index (χ2v) is 18.6. The van der Waals surface area contributed by atoms with Gasteiger partial charge in [-0.2, -0.15) is 0 Å². The van der Waals surface area contributed by atoms with Crippen molar-refractivity contribution in [2.75, 3.05) is 26.4 Å². The van der Waals surface area contributed by atoms with Crippen LogP contribution >= 0.6 is 0 Å². The molecule has 406 valence electrons. The molecule has 12 N–H and O–H groups in total. The van der Waals surface area contributed by atoms with Gasteiger partial charge in [-0.3, -0.25) is 4.79 Å². The topological polar surface area (TPSA) is 307 Å². The van der Waals surface area contributed by atoms with Crippen LogP contribution < -0.4 is 5.32 Å². The van der Waals surface area contributed by atoms with Crippen LogP contribution in [0.5, 0.6) is 0 Å². The number of carbonyl (C=O) groups is 1. The summed E-state index contributed by atoms with van der Waals surface area (Å²) >= 11 is 0. The molecule has 70 heavy (non-hydrogen) atoms. The van der Waals surface area contributed by atoms with Gasteiger partial charge in [-0.1, -0.05) is 114 Å². The summed E-state index contributed by atoms with van der Waals surface area (Å²) in [7, 11) is 0. The number of unbranched alkanes of at least 4 members (excludes halogenated alkanes) is 13. The number of rotatable bonds is 35. The second-order valence-electron chi connectivity index (χ2n) is 18.6. The van der Waals surface area contributed by atoms with Gasteiger partial charge in [0.1, 0.15) is 73.2 Å². The zero-order valence-electron chi connectivity index (χ0n) is 41.5. The first-order chi connectivity index (χ1) is 33.8. The third-order valence-corrected chi connectivity index (χ3v) is 12.8. The molecule has 0 bridgehead atoms. The predicted molar refractivity (Wildman–Crippen MR) is 259 cm³/mol. The van der Waals surface area contributed by atoms with Crippen molar-refractivity contribution in [3.05, 3.63) is 48.6 Å². The van der Waals surface area contributed by atoms with E-state index >= 15 is 0 Å². The SMILES string of the molecule is CCC/C=C\CCCCCCCC(=O)NC(COC1OC(CO)C(OC2OC(CO)C(OC3OC(CO)C(O)C(O)C3O)C(O)C2O)C(O)C1O)C(O)/C=C/CC/C=C/CC/C=C/CCCCCCC. The van der Waals surface area contributed by atoms with E-state index in [0.29, 0.717) is 12.8 Å². The van der Waals surface area contributed by atoms with Crippen molar-refractivity contribution in [2.24, 2.45) is 0 Å². The Morgan fingerprint density at radius 3 is 1.49 bits per heavy atom. The average molecular weight is 1000 g/mol. The molecule has 17 atom stereocenters. The number of allylic oxidation sites excluding steroid dienone is 7. The summed E-state index contributed by atoms with van der Waals surface area (Å²) < 4.78 is 34.0. The van der Waals surface area contributed by atoms with E-state index in [1.165, 1.54) is 32.1 Å². The van der Waals surface area contributed by atoms with Gasteiger partial charge in [0, 0.05) is 6.42 Å². The van der Waals surface area contributed by atoms with Gasteiger partial charge in [-0.25, -0.2) is 0 Å². The lowest BCUT2D eigenvalue weighted by molar-refractivity contribution is -0.379. The summed E-state index contributed by atoms with van der Waals surface area (Å²) in [5, 5.41) is 119. The monoisotopic (exact) mass is 1000 g/mol. The maximum Gasteiger partial charge on any atom is 0.220 e. The average Bonchev–Trinajstić information content (AvgIpc) is 3.35. The summed E-state index contributed by atoms with van der Waals surface area (Å²) in [5.41, 5.74) is 0. The van der Waals surface area contributed by atoms with E-state index in [1.54, 1.807) is 6.08 Å². The smallest absolute Gasteiger partial charge is 0.220 e. The number of aliphatic hydroxyl groups excluding tert-OH is 11. The zero-order chi connectivity index (χ0) is 51.3. The lowest BCUT2D eigenvalue weighted by atomic mass is 9.96. The maximum atomic E-state index is 13.2. The summed E-state index contributed by atoms with van der Waals surface area (Å²) in [4.78, 5) is 13.2. The minimum Gasteiger partial charge on any atom is -0.394 e. The van der Waals surface area contributed by atoms with Crippen molar-refractivity contribution >= 4 is 5.91 Å². The summed E-state index contributed by atoms with van der Waals surface area (Å²) in [6.07, 6.45) is 8.41. The molecule has 3 heterocycles. The Bertz CT molecular complexity index is 1480. The molecule has 0 aliphatic carbocycles. The molecule has 3 fully saturated rings. The van der Waals surface area contributed by atoms with Gasteiger partial charge in [0.2, 0.25) is 5.91 Å². The van der Waals surface area contributed by atoms with Crippen LogP contribution in [0, 0.1) is 0 Å². The fraction of sp³-hybridized carbons (Fsp3) is 0.824. The third kappa shape index (κ3) is 21.3. The Balaban J connectivity index is 1.58. The van der Waals surface area contributed by atoms with Crippen LogP contribution in [0.25, 0.3) is 0 Å². The Hall–Kier alpha value is -2.25. The minimum atomic E-state index is -1.98. The molecular weight excluding hydrogens is 915 g/mol. The highest BCUT2D eigenvalue weighted by Crippen LogP contribution is 2.33. The quantitative estimate of drug-likeness (QED) is 0.0319. The van der Waals surface area contributed by atoms with Crippen LogP contribution in [0.4, 0.5) is 0 Å². The molecule has 19 nitrogen and oxygen atoms in total. The molecule has 3 aliphatic rings. The number of amides is 1. The first-order valence-corrected chi connectivity index (χ1v) is 25.9. The first-order valence-electron chi connectivity index (χ1n) is 25.9. The van der Waals surface area contributed by atoms with Crippen molar-refractivity contribution in [2.45, 2.75) is 240 Å². The maximum absolute atomic E-state index is 13.2. The number of aliphatic hydroxyl groups is 11. The molecule has 0 spiro atoms. The van der Waals surface area contributed by atoms with Crippen LogP contribution in [0.3, 0.4) is 0 Å². The molecule has 3 rings (SSSR count). The molecular formula is C51H89NO18.